The number of aromatic nitrogens is 2. The summed E-state index contributed by atoms with van der Waals surface area (Å²) < 4.78 is 21.3. The summed E-state index contributed by atoms with van der Waals surface area (Å²) in [5.41, 5.74) is 1.24. The third kappa shape index (κ3) is 3.83. The van der Waals surface area contributed by atoms with E-state index in [1.54, 1.807) is 38.3 Å². The molecule has 7 nitrogen and oxygen atoms in total. The molecule has 134 valence electrons. The lowest BCUT2D eigenvalue weighted by Gasteiger charge is -2.11. The monoisotopic (exact) mass is 354 g/mol. The second-order valence-electron chi connectivity index (χ2n) is 5.45. The fourth-order valence-corrected chi connectivity index (χ4v) is 2.29. The highest BCUT2D eigenvalue weighted by atomic mass is 16.5. The lowest BCUT2D eigenvalue weighted by molar-refractivity contribution is 0.0600. The van der Waals surface area contributed by atoms with Crippen LogP contribution >= 0.6 is 0 Å². The van der Waals surface area contributed by atoms with Gasteiger partial charge in [-0.05, 0) is 55.5 Å². The standard InChI is InChI=1S/C19H18N2O5/c1-12(25-16-10-6-14(7-11-16)19(22)24-3)17-20-21-18(26-17)13-4-8-15(23-2)9-5-13/h4-12H,1-3H3/t12-/m0/s1. The summed E-state index contributed by atoms with van der Waals surface area (Å²) in [5.74, 6) is 1.69. The van der Waals surface area contributed by atoms with Crippen molar-refractivity contribution in [2.75, 3.05) is 14.2 Å². The predicted octanol–water partition coefficient (Wildman–Crippen LogP) is 3.67. The number of esters is 1. The fourth-order valence-electron chi connectivity index (χ4n) is 2.29. The molecule has 3 rings (SSSR count). The summed E-state index contributed by atoms with van der Waals surface area (Å²) in [7, 11) is 2.95. The van der Waals surface area contributed by atoms with Crippen LogP contribution in [-0.4, -0.2) is 30.4 Å². The van der Waals surface area contributed by atoms with Crippen molar-refractivity contribution in [3.63, 3.8) is 0 Å². The van der Waals surface area contributed by atoms with Crippen molar-refractivity contribution in [2.45, 2.75) is 13.0 Å². The Hall–Kier alpha value is -3.35. The summed E-state index contributed by atoms with van der Waals surface area (Å²) in [6.45, 7) is 1.81. The van der Waals surface area contributed by atoms with Crippen LogP contribution in [0.5, 0.6) is 11.5 Å². The van der Waals surface area contributed by atoms with E-state index in [1.807, 2.05) is 24.3 Å². The molecule has 1 atom stereocenters. The van der Waals surface area contributed by atoms with E-state index in [4.69, 9.17) is 13.9 Å². The second-order valence-corrected chi connectivity index (χ2v) is 5.45. The van der Waals surface area contributed by atoms with Crippen molar-refractivity contribution in [3.8, 4) is 23.0 Å². The first kappa shape index (κ1) is 17.5. The normalized spacial score (nSPS) is 11.7. The zero-order valence-electron chi connectivity index (χ0n) is 14.6. The van der Waals surface area contributed by atoms with Crippen LogP contribution < -0.4 is 9.47 Å². The van der Waals surface area contributed by atoms with Gasteiger partial charge in [0.1, 0.15) is 11.5 Å². The van der Waals surface area contributed by atoms with Crippen molar-refractivity contribution in [1.82, 2.24) is 10.2 Å². The largest absolute Gasteiger partial charge is 0.497 e. The molecular weight excluding hydrogens is 336 g/mol. The van der Waals surface area contributed by atoms with Crippen LogP contribution in [0.3, 0.4) is 0 Å². The van der Waals surface area contributed by atoms with Gasteiger partial charge in [0.25, 0.3) is 5.89 Å². The molecule has 1 heterocycles. The molecule has 0 N–H and O–H groups in total. The number of nitrogens with zero attached hydrogens (tertiary/aromatic N) is 2. The number of hydrogen-bond donors (Lipinski definition) is 0. The zero-order valence-corrected chi connectivity index (χ0v) is 14.6. The van der Waals surface area contributed by atoms with E-state index in [0.29, 0.717) is 23.1 Å². The molecule has 1 aromatic heterocycles. The Morgan fingerprint density at radius 2 is 1.62 bits per heavy atom. The molecule has 0 aliphatic rings. The third-order valence-corrected chi connectivity index (χ3v) is 3.71. The predicted molar refractivity (Wildman–Crippen MR) is 93.1 cm³/mol. The molecule has 0 spiro atoms. The highest BCUT2D eigenvalue weighted by Gasteiger charge is 2.17. The molecule has 0 aliphatic carbocycles. The smallest absolute Gasteiger partial charge is 0.337 e. The Morgan fingerprint density at radius 3 is 2.23 bits per heavy atom. The Balaban J connectivity index is 1.69. The van der Waals surface area contributed by atoms with Crippen LogP contribution in [0.4, 0.5) is 0 Å². The van der Waals surface area contributed by atoms with Gasteiger partial charge in [0, 0.05) is 5.56 Å². The first-order valence-electron chi connectivity index (χ1n) is 7.93. The topological polar surface area (TPSA) is 83.7 Å². The van der Waals surface area contributed by atoms with E-state index in [1.165, 1.54) is 7.11 Å². The van der Waals surface area contributed by atoms with E-state index in [-0.39, 0.29) is 0 Å². The Morgan fingerprint density at radius 1 is 0.962 bits per heavy atom. The lowest BCUT2D eigenvalue weighted by atomic mass is 10.2. The van der Waals surface area contributed by atoms with Gasteiger partial charge in [0.2, 0.25) is 5.89 Å². The number of rotatable bonds is 6. The molecule has 0 radical (unpaired) electrons. The minimum Gasteiger partial charge on any atom is -0.497 e. The summed E-state index contributed by atoms with van der Waals surface area (Å²) in [6.07, 6.45) is -0.446. The van der Waals surface area contributed by atoms with Gasteiger partial charge in [-0.1, -0.05) is 0 Å². The van der Waals surface area contributed by atoms with Crippen LogP contribution in [0.15, 0.2) is 52.9 Å². The first-order chi connectivity index (χ1) is 12.6. The molecule has 7 heteroatoms. The molecule has 0 aliphatic heterocycles. The lowest BCUT2D eigenvalue weighted by Crippen LogP contribution is -2.04. The minimum atomic E-state index is -0.446. The molecule has 0 fully saturated rings. The maximum Gasteiger partial charge on any atom is 0.337 e. The number of benzene rings is 2. The zero-order chi connectivity index (χ0) is 18.5. The molecule has 0 amide bonds. The Bertz CT molecular complexity index is 872. The van der Waals surface area contributed by atoms with Gasteiger partial charge >= 0.3 is 5.97 Å². The van der Waals surface area contributed by atoms with E-state index in [9.17, 15) is 4.79 Å². The fraction of sp³-hybridized carbons (Fsp3) is 0.211. The molecule has 0 unspecified atom stereocenters. The van der Waals surface area contributed by atoms with Crippen molar-refractivity contribution < 1.29 is 23.4 Å². The van der Waals surface area contributed by atoms with Crippen LogP contribution in [0.1, 0.15) is 29.3 Å². The summed E-state index contributed by atoms with van der Waals surface area (Å²) in [6, 6.07) is 14.0. The Kier molecular flexibility index (Phi) is 5.17. The first-order valence-corrected chi connectivity index (χ1v) is 7.93. The van der Waals surface area contributed by atoms with Crippen molar-refractivity contribution >= 4 is 5.97 Å². The van der Waals surface area contributed by atoms with Crippen LogP contribution in [0.2, 0.25) is 0 Å². The van der Waals surface area contributed by atoms with Crippen LogP contribution in [0.25, 0.3) is 11.5 Å². The molecule has 0 bridgehead atoms. The van der Waals surface area contributed by atoms with Crippen molar-refractivity contribution in [2.24, 2.45) is 0 Å². The third-order valence-electron chi connectivity index (χ3n) is 3.71. The van der Waals surface area contributed by atoms with Gasteiger partial charge in [-0.15, -0.1) is 10.2 Å². The average Bonchev–Trinajstić information content (AvgIpc) is 3.18. The number of carbonyl (C=O) groups excluding carboxylic acids is 1. The maximum atomic E-state index is 11.4. The van der Waals surface area contributed by atoms with Crippen LogP contribution in [-0.2, 0) is 4.74 Å². The second kappa shape index (κ2) is 7.69. The van der Waals surface area contributed by atoms with Gasteiger partial charge in [0.05, 0.1) is 19.8 Å². The number of hydrogen-bond acceptors (Lipinski definition) is 7. The van der Waals surface area contributed by atoms with E-state index < -0.39 is 12.1 Å². The van der Waals surface area contributed by atoms with Gasteiger partial charge in [0.15, 0.2) is 6.10 Å². The molecule has 3 aromatic rings. The summed E-state index contributed by atoms with van der Waals surface area (Å²) >= 11 is 0. The summed E-state index contributed by atoms with van der Waals surface area (Å²) in [5, 5.41) is 8.10. The van der Waals surface area contributed by atoms with E-state index in [0.717, 1.165) is 11.3 Å². The highest BCUT2D eigenvalue weighted by molar-refractivity contribution is 5.89. The maximum absolute atomic E-state index is 11.4. The molecule has 26 heavy (non-hydrogen) atoms. The number of carbonyl (C=O) groups is 1. The minimum absolute atomic E-state index is 0.355. The van der Waals surface area contributed by atoms with E-state index in [2.05, 4.69) is 14.9 Å². The molecule has 0 saturated heterocycles. The van der Waals surface area contributed by atoms with Crippen molar-refractivity contribution in [1.29, 1.82) is 0 Å². The van der Waals surface area contributed by atoms with Crippen LogP contribution in [0, 0.1) is 0 Å². The molecule has 0 saturated carbocycles. The SMILES string of the molecule is COC(=O)c1ccc(O[C@@H](C)c2nnc(-c3ccc(OC)cc3)o2)cc1. The van der Waals surface area contributed by atoms with Gasteiger partial charge < -0.3 is 18.6 Å². The average molecular weight is 354 g/mol. The summed E-state index contributed by atoms with van der Waals surface area (Å²) in [4.78, 5) is 11.4. The quantitative estimate of drug-likeness (QED) is 0.624. The van der Waals surface area contributed by atoms with E-state index >= 15 is 0 Å². The molecular formula is C19H18N2O5. The highest BCUT2D eigenvalue weighted by Crippen LogP contribution is 2.25. The molecule has 2 aromatic carbocycles. The van der Waals surface area contributed by atoms with Gasteiger partial charge in [-0.2, -0.15) is 0 Å². The van der Waals surface area contributed by atoms with Crippen molar-refractivity contribution in [3.05, 3.63) is 60.0 Å². The van der Waals surface area contributed by atoms with Gasteiger partial charge in [-0.3, -0.25) is 0 Å². The Labute approximate surface area is 150 Å². The number of methoxy groups -OCH3 is 2. The number of ether oxygens (including phenoxy) is 3. The van der Waals surface area contributed by atoms with Gasteiger partial charge in [-0.25, -0.2) is 4.79 Å².